The highest BCUT2D eigenvalue weighted by atomic mass is 16.5. The number of aromatic nitrogens is 1. The molecule has 13 heavy (non-hydrogen) atoms. The lowest BCUT2D eigenvalue weighted by molar-refractivity contribution is 0.112. The van der Waals surface area contributed by atoms with Gasteiger partial charge in [-0.25, -0.2) is 0 Å². The second kappa shape index (κ2) is 3.73. The molecular formula is C10H13NO2. The predicted molar refractivity (Wildman–Crippen MR) is 47.7 cm³/mol. The van der Waals surface area contributed by atoms with E-state index in [1.54, 1.807) is 0 Å². The van der Waals surface area contributed by atoms with Crippen LogP contribution in [-0.4, -0.2) is 11.4 Å². The Morgan fingerprint density at radius 3 is 2.85 bits per heavy atom. The zero-order valence-corrected chi connectivity index (χ0v) is 7.53. The van der Waals surface area contributed by atoms with Gasteiger partial charge in [-0.1, -0.05) is 24.4 Å². The van der Waals surface area contributed by atoms with E-state index in [2.05, 4.69) is 5.16 Å². The molecule has 0 spiro atoms. The van der Waals surface area contributed by atoms with Gasteiger partial charge >= 0.3 is 0 Å². The fraction of sp³-hybridized carbons (Fsp3) is 0.600. The highest BCUT2D eigenvalue weighted by Crippen LogP contribution is 2.33. The molecule has 1 fully saturated rings. The van der Waals surface area contributed by atoms with Gasteiger partial charge in [0.2, 0.25) is 0 Å². The average Bonchev–Trinajstić information content (AvgIpc) is 2.67. The van der Waals surface area contributed by atoms with E-state index in [4.69, 9.17) is 4.52 Å². The third kappa shape index (κ3) is 1.64. The minimum absolute atomic E-state index is 0.427. The normalized spacial score (nSPS) is 18.8. The SMILES string of the molecule is O=Cc1cnoc1C1CCCCC1. The van der Waals surface area contributed by atoms with Gasteiger partial charge in [-0.2, -0.15) is 0 Å². The van der Waals surface area contributed by atoms with Crippen LogP contribution in [0.1, 0.15) is 54.1 Å². The third-order valence-corrected chi connectivity index (χ3v) is 2.73. The number of nitrogens with zero attached hydrogens (tertiary/aromatic N) is 1. The Morgan fingerprint density at radius 2 is 2.15 bits per heavy atom. The zero-order valence-electron chi connectivity index (χ0n) is 7.53. The molecule has 1 aliphatic rings. The lowest BCUT2D eigenvalue weighted by Gasteiger charge is -2.18. The van der Waals surface area contributed by atoms with Gasteiger partial charge in [0.1, 0.15) is 5.76 Å². The largest absolute Gasteiger partial charge is 0.360 e. The second-order valence-electron chi connectivity index (χ2n) is 3.60. The summed E-state index contributed by atoms with van der Waals surface area (Å²) in [6.45, 7) is 0. The van der Waals surface area contributed by atoms with Crippen LogP contribution in [0.4, 0.5) is 0 Å². The van der Waals surface area contributed by atoms with Gasteiger partial charge in [-0.15, -0.1) is 0 Å². The molecule has 0 radical (unpaired) electrons. The first-order valence-corrected chi connectivity index (χ1v) is 4.81. The van der Waals surface area contributed by atoms with Crippen LogP contribution in [0.25, 0.3) is 0 Å². The lowest BCUT2D eigenvalue weighted by Crippen LogP contribution is -2.05. The van der Waals surface area contributed by atoms with Gasteiger partial charge in [0.15, 0.2) is 6.29 Å². The van der Waals surface area contributed by atoms with Crippen molar-refractivity contribution in [3.8, 4) is 0 Å². The average molecular weight is 179 g/mol. The Balaban J connectivity index is 2.17. The topological polar surface area (TPSA) is 43.1 Å². The Morgan fingerprint density at radius 1 is 1.38 bits per heavy atom. The molecule has 0 N–H and O–H groups in total. The Bertz CT molecular complexity index is 287. The first-order valence-electron chi connectivity index (χ1n) is 4.81. The molecule has 0 bridgehead atoms. The van der Waals surface area contributed by atoms with E-state index in [0.717, 1.165) is 24.9 Å². The summed E-state index contributed by atoms with van der Waals surface area (Å²) >= 11 is 0. The number of carbonyl (C=O) groups excluding carboxylic acids is 1. The minimum atomic E-state index is 0.427. The highest BCUT2D eigenvalue weighted by Gasteiger charge is 2.21. The molecule has 1 aromatic rings. The van der Waals surface area contributed by atoms with Crippen molar-refractivity contribution in [1.82, 2.24) is 5.16 Å². The van der Waals surface area contributed by atoms with E-state index in [1.807, 2.05) is 0 Å². The van der Waals surface area contributed by atoms with Gasteiger partial charge < -0.3 is 4.52 Å². The number of aldehydes is 1. The molecule has 0 aliphatic heterocycles. The molecule has 0 aromatic carbocycles. The van der Waals surface area contributed by atoms with Gasteiger partial charge in [-0.3, -0.25) is 4.79 Å². The van der Waals surface area contributed by atoms with Gasteiger partial charge in [0.05, 0.1) is 11.8 Å². The van der Waals surface area contributed by atoms with Gasteiger partial charge in [0, 0.05) is 5.92 Å². The zero-order chi connectivity index (χ0) is 9.10. The molecule has 3 nitrogen and oxygen atoms in total. The van der Waals surface area contributed by atoms with Crippen molar-refractivity contribution in [2.75, 3.05) is 0 Å². The number of rotatable bonds is 2. The van der Waals surface area contributed by atoms with Crippen LogP contribution in [0.5, 0.6) is 0 Å². The number of carbonyl (C=O) groups is 1. The lowest BCUT2D eigenvalue weighted by atomic mass is 9.86. The van der Waals surface area contributed by atoms with Crippen LogP contribution < -0.4 is 0 Å². The van der Waals surface area contributed by atoms with E-state index in [1.165, 1.54) is 25.5 Å². The smallest absolute Gasteiger partial charge is 0.155 e. The monoisotopic (exact) mass is 179 g/mol. The minimum Gasteiger partial charge on any atom is -0.360 e. The Kier molecular flexibility index (Phi) is 2.43. The number of hydrogen-bond acceptors (Lipinski definition) is 3. The molecule has 0 amide bonds. The van der Waals surface area contributed by atoms with Crippen molar-refractivity contribution in [2.45, 2.75) is 38.0 Å². The van der Waals surface area contributed by atoms with Crippen molar-refractivity contribution in [3.63, 3.8) is 0 Å². The van der Waals surface area contributed by atoms with E-state index in [0.29, 0.717) is 11.5 Å². The van der Waals surface area contributed by atoms with Crippen molar-refractivity contribution in [3.05, 3.63) is 17.5 Å². The van der Waals surface area contributed by atoms with Crippen molar-refractivity contribution in [1.29, 1.82) is 0 Å². The molecule has 1 saturated carbocycles. The maximum absolute atomic E-state index is 10.6. The van der Waals surface area contributed by atoms with Crippen molar-refractivity contribution < 1.29 is 9.32 Å². The standard InChI is InChI=1S/C10H13NO2/c12-7-9-6-11-13-10(9)8-4-2-1-3-5-8/h6-8H,1-5H2. The quantitative estimate of drug-likeness (QED) is 0.655. The van der Waals surface area contributed by atoms with Crippen LogP contribution in [0.2, 0.25) is 0 Å². The van der Waals surface area contributed by atoms with E-state index >= 15 is 0 Å². The van der Waals surface area contributed by atoms with Gasteiger partial charge in [-0.05, 0) is 12.8 Å². The molecule has 1 aromatic heterocycles. The molecule has 2 rings (SSSR count). The molecule has 0 saturated heterocycles. The third-order valence-electron chi connectivity index (χ3n) is 2.73. The summed E-state index contributed by atoms with van der Waals surface area (Å²) in [5, 5.41) is 3.66. The maximum Gasteiger partial charge on any atom is 0.155 e. The highest BCUT2D eigenvalue weighted by molar-refractivity contribution is 5.75. The Labute approximate surface area is 77.1 Å². The molecule has 1 aliphatic carbocycles. The molecule has 3 heteroatoms. The fourth-order valence-electron chi connectivity index (χ4n) is 2.02. The summed E-state index contributed by atoms with van der Waals surface area (Å²) in [5.41, 5.74) is 0.631. The maximum atomic E-state index is 10.6. The van der Waals surface area contributed by atoms with Crippen molar-refractivity contribution in [2.24, 2.45) is 0 Å². The first-order chi connectivity index (χ1) is 6.42. The Hall–Kier alpha value is -1.12. The molecule has 0 unspecified atom stereocenters. The van der Waals surface area contributed by atoms with E-state index in [9.17, 15) is 4.79 Å². The van der Waals surface area contributed by atoms with E-state index in [-0.39, 0.29) is 0 Å². The first kappa shape index (κ1) is 8.48. The number of hydrogen-bond donors (Lipinski definition) is 0. The molecule has 1 heterocycles. The summed E-state index contributed by atoms with van der Waals surface area (Å²) < 4.78 is 5.11. The summed E-state index contributed by atoms with van der Waals surface area (Å²) in [5.74, 6) is 1.23. The van der Waals surface area contributed by atoms with Crippen LogP contribution in [0.3, 0.4) is 0 Å². The van der Waals surface area contributed by atoms with Gasteiger partial charge in [0.25, 0.3) is 0 Å². The second-order valence-corrected chi connectivity index (χ2v) is 3.60. The summed E-state index contributed by atoms with van der Waals surface area (Å²) in [6, 6.07) is 0. The fourth-order valence-corrected chi connectivity index (χ4v) is 2.02. The van der Waals surface area contributed by atoms with Crippen LogP contribution in [0, 0.1) is 0 Å². The van der Waals surface area contributed by atoms with Crippen LogP contribution in [0.15, 0.2) is 10.7 Å². The van der Waals surface area contributed by atoms with Crippen LogP contribution in [-0.2, 0) is 0 Å². The summed E-state index contributed by atoms with van der Waals surface area (Å²) in [4.78, 5) is 10.6. The van der Waals surface area contributed by atoms with Crippen molar-refractivity contribution >= 4 is 6.29 Å². The molecular weight excluding hydrogens is 166 g/mol. The van der Waals surface area contributed by atoms with Crippen LogP contribution >= 0.6 is 0 Å². The van der Waals surface area contributed by atoms with E-state index < -0.39 is 0 Å². The summed E-state index contributed by atoms with van der Waals surface area (Å²) in [6.07, 6.45) is 8.40. The molecule has 0 atom stereocenters. The predicted octanol–water partition coefficient (Wildman–Crippen LogP) is 2.53. The summed E-state index contributed by atoms with van der Waals surface area (Å²) in [7, 11) is 0. The molecule has 70 valence electrons.